The number of rotatable bonds is 3. The molecule has 6 heteroatoms. The Labute approximate surface area is 70.7 Å². The van der Waals surface area contributed by atoms with Gasteiger partial charge in [0, 0.05) is 20.0 Å². The molecule has 0 fully saturated rings. The maximum Gasteiger partial charge on any atom is 0.221 e. The third-order valence-electron chi connectivity index (χ3n) is 1.05. The third kappa shape index (κ3) is 5.56. The van der Waals surface area contributed by atoms with E-state index >= 15 is 0 Å². The molecule has 5 nitrogen and oxygen atoms in total. The first-order valence-corrected chi connectivity index (χ1v) is 3.56. The van der Waals surface area contributed by atoms with Crippen molar-refractivity contribution in [3.05, 3.63) is 0 Å². The van der Waals surface area contributed by atoms with Gasteiger partial charge in [-0.3, -0.25) is 4.79 Å². The van der Waals surface area contributed by atoms with Gasteiger partial charge in [0.15, 0.2) is 5.11 Å². The number of hydrazine groups is 1. The largest absolute Gasteiger partial charge is 0.361 e. The van der Waals surface area contributed by atoms with Crippen molar-refractivity contribution < 1.29 is 4.79 Å². The summed E-state index contributed by atoms with van der Waals surface area (Å²) in [5.74, 6) is 4.94. The van der Waals surface area contributed by atoms with E-state index in [1.165, 1.54) is 0 Å². The highest BCUT2D eigenvalue weighted by molar-refractivity contribution is 7.80. The fraction of sp³-hybridized carbons (Fsp3) is 0.600. The van der Waals surface area contributed by atoms with Crippen LogP contribution in [0.2, 0.25) is 0 Å². The number of amides is 1. The molecule has 0 rings (SSSR count). The van der Waals surface area contributed by atoms with Gasteiger partial charge in [0.2, 0.25) is 5.91 Å². The molecule has 0 heterocycles. The van der Waals surface area contributed by atoms with Crippen molar-refractivity contribution in [1.82, 2.24) is 16.1 Å². The SMILES string of the molecule is CNC(=O)CCNC(=S)NN. The Morgan fingerprint density at radius 2 is 2.27 bits per heavy atom. The Hall–Kier alpha value is -0.880. The molecule has 0 aromatic carbocycles. The van der Waals surface area contributed by atoms with E-state index in [0.29, 0.717) is 18.1 Å². The van der Waals surface area contributed by atoms with Crippen LogP contribution in [-0.2, 0) is 4.79 Å². The maximum atomic E-state index is 10.6. The predicted molar refractivity (Wildman–Crippen MR) is 46.6 cm³/mol. The summed E-state index contributed by atoms with van der Waals surface area (Å²) in [6.45, 7) is 0.489. The Kier molecular flexibility index (Phi) is 5.40. The summed E-state index contributed by atoms with van der Waals surface area (Å²) in [6, 6.07) is 0. The number of hydrogen-bond acceptors (Lipinski definition) is 3. The van der Waals surface area contributed by atoms with E-state index in [0.717, 1.165) is 0 Å². The molecule has 0 bridgehead atoms. The van der Waals surface area contributed by atoms with Crippen LogP contribution in [-0.4, -0.2) is 24.6 Å². The van der Waals surface area contributed by atoms with Gasteiger partial charge >= 0.3 is 0 Å². The molecule has 0 aromatic heterocycles. The molecule has 64 valence electrons. The first-order chi connectivity index (χ1) is 5.20. The molecule has 0 radical (unpaired) electrons. The zero-order valence-electron chi connectivity index (χ0n) is 6.31. The van der Waals surface area contributed by atoms with Crippen molar-refractivity contribution in [3.63, 3.8) is 0 Å². The molecular weight excluding hydrogens is 164 g/mol. The van der Waals surface area contributed by atoms with Crippen molar-refractivity contribution >= 4 is 23.2 Å². The molecule has 0 aliphatic carbocycles. The van der Waals surface area contributed by atoms with Gasteiger partial charge in [-0.25, -0.2) is 5.84 Å². The number of hydrogen-bond donors (Lipinski definition) is 4. The average Bonchev–Trinajstić information content (AvgIpc) is 2.04. The summed E-state index contributed by atoms with van der Waals surface area (Å²) in [6.07, 6.45) is 0.387. The molecule has 0 atom stereocenters. The zero-order valence-corrected chi connectivity index (χ0v) is 7.12. The molecule has 0 spiro atoms. The van der Waals surface area contributed by atoms with Crippen molar-refractivity contribution in [2.24, 2.45) is 5.84 Å². The quantitative estimate of drug-likeness (QED) is 0.238. The Morgan fingerprint density at radius 3 is 2.73 bits per heavy atom. The van der Waals surface area contributed by atoms with Crippen LogP contribution in [0.25, 0.3) is 0 Å². The molecule has 0 aliphatic rings. The van der Waals surface area contributed by atoms with E-state index < -0.39 is 0 Å². The van der Waals surface area contributed by atoms with Crippen molar-refractivity contribution in [2.45, 2.75) is 6.42 Å². The van der Waals surface area contributed by atoms with Gasteiger partial charge in [-0.1, -0.05) is 0 Å². The summed E-state index contributed by atoms with van der Waals surface area (Å²) in [7, 11) is 1.59. The van der Waals surface area contributed by atoms with Crippen LogP contribution in [0.3, 0.4) is 0 Å². The normalized spacial score (nSPS) is 8.55. The van der Waals surface area contributed by atoms with Crippen LogP contribution >= 0.6 is 12.2 Å². The van der Waals surface area contributed by atoms with Crippen LogP contribution in [0.4, 0.5) is 0 Å². The minimum absolute atomic E-state index is 0.0303. The monoisotopic (exact) mass is 176 g/mol. The van der Waals surface area contributed by atoms with E-state index in [1.54, 1.807) is 7.05 Å². The van der Waals surface area contributed by atoms with Crippen molar-refractivity contribution in [3.8, 4) is 0 Å². The summed E-state index contributed by atoms with van der Waals surface area (Å²) in [4.78, 5) is 10.6. The molecule has 1 amide bonds. The fourth-order valence-corrected chi connectivity index (χ4v) is 0.568. The lowest BCUT2D eigenvalue weighted by Crippen LogP contribution is -2.40. The highest BCUT2D eigenvalue weighted by Gasteiger charge is 1.96. The smallest absolute Gasteiger partial charge is 0.221 e. The van der Waals surface area contributed by atoms with Crippen molar-refractivity contribution in [1.29, 1.82) is 0 Å². The van der Waals surface area contributed by atoms with Crippen LogP contribution in [0.1, 0.15) is 6.42 Å². The van der Waals surface area contributed by atoms with Gasteiger partial charge in [-0.2, -0.15) is 0 Å². The predicted octanol–water partition coefficient (Wildman–Crippen LogP) is -1.54. The van der Waals surface area contributed by atoms with Crippen molar-refractivity contribution in [2.75, 3.05) is 13.6 Å². The number of nitrogens with one attached hydrogen (secondary N) is 3. The van der Waals surface area contributed by atoms with Gasteiger partial charge in [-0.15, -0.1) is 0 Å². The topological polar surface area (TPSA) is 79.2 Å². The Morgan fingerprint density at radius 1 is 1.64 bits per heavy atom. The van der Waals surface area contributed by atoms with E-state index in [1.807, 2.05) is 0 Å². The number of thiocarbonyl (C=S) groups is 1. The third-order valence-corrected chi connectivity index (χ3v) is 1.31. The summed E-state index contributed by atoms with van der Waals surface area (Å²) >= 11 is 4.66. The van der Waals surface area contributed by atoms with E-state index in [-0.39, 0.29) is 5.91 Å². The summed E-state index contributed by atoms with van der Waals surface area (Å²) < 4.78 is 0. The van der Waals surface area contributed by atoms with Gasteiger partial charge < -0.3 is 16.1 Å². The van der Waals surface area contributed by atoms with Gasteiger partial charge in [0.25, 0.3) is 0 Å². The lowest BCUT2D eigenvalue weighted by Gasteiger charge is -2.04. The number of carbonyl (C=O) groups excluding carboxylic acids is 1. The second-order valence-electron chi connectivity index (χ2n) is 1.82. The molecule has 0 saturated carbocycles. The van der Waals surface area contributed by atoms with Gasteiger partial charge in [0.1, 0.15) is 0 Å². The molecule has 0 aromatic rings. The molecule has 0 aliphatic heterocycles. The number of carbonyl (C=O) groups is 1. The van der Waals surface area contributed by atoms with E-state index in [4.69, 9.17) is 5.84 Å². The van der Waals surface area contributed by atoms with E-state index in [2.05, 4.69) is 28.3 Å². The molecule has 11 heavy (non-hydrogen) atoms. The first kappa shape index (κ1) is 10.1. The van der Waals surface area contributed by atoms with Gasteiger partial charge in [0.05, 0.1) is 0 Å². The minimum Gasteiger partial charge on any atom is -0.361 e. The fourth-order valence-electron chi connectivity index (χ4n) is 0.466. The lowest BCUT2D eigenvalue weighted by atomic mass is 10.4. The maximum absolute atomic E-state index is 10.6. The Balaban J connectivity index is 3.27. The molecular formula is C5H12N4OS. The zero-order chi connectivity index (χ0) is 8.69. The second kappa shape index (κ2) is 5.87. The van der Waals surface area contributed by atoms with Crippen LogP contribution in [0.5, 0.6) is 0 Å². The minimum atomic E-state index is -0.0303. The van der Waals surface area contributed by atoms with E-state index in [9.17, 15) is 4.79 Å². The van der Waals surface area contributed by atoms with Gasteiger partial charge in [-0.05, 0) is 12.2 Å². The standard InChI is InChI=1S/C5H12N4OS/c1-7-4(10)2-3-8-5(11)9-6/h2-3,6H2,1H3,(H,7,10)(H2,8,9,11). The Bertz CT molecular complexity index is 133. The van der Waals surface area contributed by atoms with Crippen LogP contribution in [0.15, 0.2) is 0 Å². The number of nitrogens with two attached hydrogens (primary N) is 1. The molecule has 0 unspecified atom stereocenters. The summed E-state index contributed by atoms with van der Waals surface area (Å²) in [5, 5.41) is 5.56. The average molecular weight is 176 g/mol. The highest BCUT2D eigenvalue weighted by Crippen LogP contribution is 1.74. The second-order valence-corrected chi connectivity index (χ2v) is 2.23. The van der Waals surface area contributed by atoms with Crippen LogP contribution in [0, 0.1) is 0 Å². The first-order valence-electron chi connectivity index (χ1n) is 3.15. The lowest BCUT2D eigenvalue weighted by molar-refractivity contribution is -0.120. The highest BCUT2D eigenvalue weighted by atomic mass is 32.1. The van der Waals surface area contributed by atoms with Crippen LogP contribution < -0.4 is 21.9 Å². The summed E-state index contributed by atoms with van der Waals surface area (Å²) in [5.41, 5.74) is 2.25. The molecule has 0 saturated heterocycles. The molecule has 5 N–H and O–H groups in total.